The van der Waals surface area contributed by atoms with Gasteiger partial charge in [0.2, 0.25) is 0 Å². The van der Waals surface area contributed by atoms with Crippen LogP contribution in [0.3, 0.4) is 0 Å². The molecule has 0 bridgehead atoms. The van der Waals surface area contributed by atoms with E-state index < -0.39 is 21.9 Å². The molecule has 7 nitrogen and oxygen atoms in total. The van der Waals surface area contributed by atoms with Crippen molar-refractivity contribution in [3.05, 3.63) is 12.4 Å². The zero-order valence-corrected chi connectivity index (χ0v) is 8.68. The molecule has 1 unspecified atom stereocenters. The van der Waals surface area contributed by atoms with Crippen molar-refractivity contribution >= 4 is 15.8 Å². The third kappa shape index (κ3) is 3.03. The van der Waals surface area contributed by atoms with Gasteiger partial charge in [-0.3, -0.25) is 4.68 Å². The van der Waals surface area contributed by atoms with Gasteiger partial charge in [0.1, 0.15) is 4.90 Å². The molecule has 0 fully saturated rings. The third-order valence-electron chi connectivity index (χ3n) is 1.68. The molecule has 0 saturated heterocycles. The second kappa shape index (κ2) is 3.99. The normalized spacial score (nSPS) is 13.7. The Morgan fingerprint density at radius 2 is 2.27 bits per heavy atom. The average Bonchev–Trinajstić information content (AvgIpc) is 2.51. The highest BCUT2D eigenvalue weighted by atomic mass is 32.2. The third-order valence-corrected chi connectivity index (χ3v) is 2.75. The number of aliphatic hydroxyl groups is 1. The van der Waals surface area contributed by atoms with Crippen LogP contribution in [0.25, 0.3) is 0 Å². The van der Waals surface area contributed by atoms with Gasteiger partial charge in [-0.1, -0.05) is 0 Å². The smallest absolute Gasteiger partial charge is 0.334 e. The number of carboxylic acids is 1. The lowest BCUT2D eigenvalue weighted by molar-refractivity contribution is -0.147. The fourth-order valence-corrected chi connectivity index (χ4v) is 1.44. The van der Waals surface area contributed by atoms with E-state index in [4.69, 9.17) is 10.2 Å². The summed E-state index contributed by atoms with van der Waals surface area (Å²) in [6.45, 7) is -0.287. The van der Waals surface area contributed by atoms with Crippen LogP contribution in [-0.4, -0.2) is 46.7 Å². The second-order valence-corrected chi connectivity index (χ2v) is 5.04. The van der Waals surface area contributed by atoms with Crippen LogP contribution >= 0.6 is 0 Å². The molecule has 0 aromatic carbocycles. The summed E-state index contributed by atoms with van der Waals surface area (Å²) < 4.78 is 23.1. The van der Waals surface area contributed by atoms with Crippen molar-refractivity contribution in [2.24, 2.45) is 0 Å². The molecule has 1 aromatic heterocycles. The molecule has 1 heterocycles. The van der Waals surface area contributed by atoms with Gasteiger partial charge in [0, 0.05) is 12.5 Å². The summed E-state index contributed by atoms with van der Waals surface area (Å²) in [5.74, 6) is -1.38. The van der Waals surface area contributed by atoms with E-state index in [1.54, 1.807) is 0 Å². The summed E-state index contributed by atoms with van der Waals surface area (Å²) in [5.41, 5.74) is 0. The van der Waals surface area contributed by atoms with Gasteiger partial charge in [0.15, 0.2) is 15.9 Å². The van der Waals surface area contributed by atoms with Crippen molar-refractivity contribution in [1.82, 2.24) is 9.78 Å². The van der Waals surface area contributed by atoms with Gasteiger partial charge in [-0.05, 0) is 0 Å². The number of hydrogen-bond donors (Lipinski definition) is 2. The molecule has 0 amide bonds. The molecular formula is C7H10N2O5S. The number of rotatable bonds is 4. The van der Waals surface area contributed by atoms with Crippen molar-refractivity contribution in [1.29, 1.82) is 0 Å². The molecule has 0 spiro atoms. The SMILES string of the molecule is CS(=O)(=O)c1cnn(CC(O)C(=O)O)c1. The van der Waals surface area contributed by atoms with Gasteiger partial charge in [0.05, 0.1) is 12.7 Å². The fourth-order valence-electron chi connectivity index (χ4n) is 0.891. The number of aromatic nitrogens is 2. The summed E-state index contributed by atoms with van der Waals surface area (Å²) >= 11 is 0. The van der Waals surface area contributed by atoms with Crippen molar-refractivity contribution in [3.8, 4) is 0 Å². The van der Waals surface area contributed by atoms with E-state index in [9.17, 15) is 13.2 Å². The van der Waals surface area contributed by atoms with Gasteiger partial charge in [0.25, 0.3) is 0 Å². The number of sulfone groups is 1. The van der Waals surface area contributed by atoms with Crippen LogP contribution in [-0.2, 0) is 21.2 Å². The molecule has 2 N–H and O–H groups in total. The first-order valence-electron chi connectivity index (χ1n) is 3.94. The quantitative estimate of drug-likeness (QED) is 0.672. The zero-order valence-electron chi connectivity index (χ0n) is 7.86. The lowest BCUT2D eigenvalue weighted by Gasteiger charge is -2.04. The highest BCUT2D eigenvalue weighted by Gasteiger charge is 2.16. The maximum Gasteiger partial charge on any atom is 0.334 e. The minimum absolute atomic E-state index is 0.0138. The van der Waals surface area contributed by atoms with Gasteiger partial charge in [-0.2, -0.15) is 5.10 Å². The van der Waals surface area contributed by atoms with Crippen LogP contribution in [0.5, 0.6) is 0 Å². The minimum Gasteiger partial charge on any atom is -0.479 e. The lowest BCUT2D eigenvalue weighted by Crippen LogP contribution is -2.25. The molecule has 0 aliphatic heterocycles. The van der Waals surface area contributed by atoms with Crippen LogP contribution < -0.4 is 0 Å². The Bertz CT molecular complexity index is 463. The molecule has 15 heavy (non-hydrogen) atoms. The van der Waals surface area contributed by atoms with E-state index in [1.807, 2.05) is 0 Å². The van der Waals surface area contributed by atoms with Crippen LogP contribution in [0.4, 0.5) is 0 Å². The van der Waals surface area contributed by atoms with Crippen molar-refractivity contribution < 1.29 is 23.4 Å². The molecule has 8 heteroatoms. The Kier molecular flexibility index (Phi) is 3.10. The first-order chi connectivity index (χ1) is 6.80. The van der Waals surface area contributed by atoms with Gasteiger partial charge >= 0.3 is 5.97 Å². The Morgan fingerprint density at radius 1 is 1.67 bits per heavy atom. The van der Waals surface area contributed by atoms with E-state index in [0.717, 1.165) is 17.1 Å². The summed E-state index contributed by atoms with van der Waals surface area (Å²) in [7, 11) is -3.35. The maximum absolute atomic E-state index is 11.0. The van der Waals surface area contributed by atoms with Crippen molar-refractivity contribution in [2.45, 2.75) is 17.5 Å². The Labute approximate surface area is 85.9 Å². The molecule has 1 aromatic rings. The lowest BCUT2D eigenvalue weighted by atomic mass is 10.4. The second-order valence-electron chi connectivity index (χ2n) is 3.02. The topological polar surface area (TPSA) is 109 Å². The number of hydrogen-bond acceptors (Lipinski definition) is 5. The monoisotopic (exact) mass is 234 g/mol. The molecule has 1 rings (SSSR count). The fraction of sp³-hybridized carbons (Fsp3) is 0.429. The van der Waals surface area contributed by atoms with Gasteiger partial charge in [-0.15, -0.1) is 0 Å². The van der Waals surface area contributed by atoms with E-state index in [2.05, 4.69) is 5.10 Å². The Hall–Kier alpha value is -1.41. The van der Waals surface area contributed by atoms with E-state index in [-0.39, 0.29) is 11.4 Å². The summed E-state index contributed by atoms with van der Waals surface area (Å²) in [4.78, 5) is 10.3. The maximum atomic E-state index is 11.0. The first kappa shape index (κ1) is 11.7. The van der Waals surface area contributed by atoms with Gasteiger partial charge < -0.3 is 10.2 Å². The number of aliphatic hydroxyl groups excluding tert-OH is 1. The Morgan fingerprint density at radius 3 is 2.67 bits per heavy atom. The summed E-state index contributed by atoms with van der Waals surface area (Å²) in [6.07, 6.45) is 1.69. The molecule has 0 radical (unpaired) electrons. The molecule has 0 aliphatic rings. The van der Waals surface area contributed by atoms with Crippen molar-refractivity contribution in [3.63, 3.8) is 0 Å². The van der Waals surface area contributed by atoms with Crippen LogP contribution in [0.15, 0.2) is 17.3 Å². The van der Waals surface area contributed by atoms with Crippen LogP contribution in [0.1, 0.15) is 0 Å². The highest BCUT2D eigenvalue weighted by molar-refractivity contribution is 7.90. The van der Waals surface area contributed by atoms with E-state index in [1.165, 1.54) is 6.20 Å². The summed E-state index contributed by atoms with van der Waals surface area (Å²) in [5, 5.41) is 21.0. The predicted octanol–water partition coefficient (Wildman–Crippen LogP) is -1.27. The van der Waals surface area contributed by atoms with Gasteiger partial charge in [-0.25, -0.2) is 13.2 Å². The standard InChI is InChI=1S/C7H10N2O5S/c1-15(13,14)5-2-8-9(3-5)4-6(10)7(11)12/h2-3,6,10H,4H2,1H3,(H,11,12). The number of carbonyl (C=O) groups is 1. The highest BCUT2D eigenvalue weighted by Crippen LogP contribution is 2.06. The Balaban J connectivity index is 2.82. The number of nitrogens with zero attached hydrogens (tertiary/aromatic N) is 2. The molecule has 84 valence electrons. The van der Waals surface area contributed by atoms with Crippen LogP contribution in [0, 0.1) is 0 Å². The van der Waals surface area contributed by atoms with E-state index >= 15 is 0 Å². The summed E-state index contributed by atoms with van der Waals surface area (Å²) in [6, 6.07) is 0. The zero-order chi connectivity index (χ0) is 11.6. The molecular weight excluding hydrogens is 224 g/mol. The van der Waals surface area contributed by atoms with E-state index in [0.29, 0.717) is 0 Å². The molecule has 1 atom stereocenters. The molecule has 0 aliphatic carbocycles. The van der Waals surface area contributed by atoms with Crippen LogP contribution in [0.2, 0.25) is 0 Å². The van der Waals surface area contributed by atoms with Crippen molar-refractivity contribution in [2.75, 3.05) is 6.26 Å². The number of carboxylic acid groups (broad SMARTS) is 1. The minimum atomic E-state index is -3.35. The molecule has 0 saturated carbocycles. The predicted molar refractivity (Wildman–Crippen MR) is 49.0 cm³/mol. The first-order valence-corrected chi connectivity index (χ1v) is 5.83. The largest absolute Gasteiger partial charge is 0.479 e. The average molecular weight is 234 g/mol. The number of aliphatic carboxylic acids is 1.